The molecule has 1 fully saturated rings. The lowest BCUT2D eigenvalue weighted by molar-refractivity contribution is -0.518. The number of hydrogen-bond donors (Lipinski definition) is 4. The van der Waals surface area contributed by atoms with Crippen molar-refractivity contribution >= 4 is 34.8 Å². The summed E-state index contributed by atoms with van der Waals surface area (Å²) in [6, 6.07) is -1.77. The van der Waals surface area contributed by atoms with E-state index in [1.54, 1.807) is 6.92 Å². The SMILES string of the molecule is CC(OC(=O)NC(C)C(=O)SC[C@@H](C)C(=O)N1CCC[C@H]1C(=O)O)ON(O)O. The van der Waals surface area contributed by atoms with Gasteiger partial charge in [0.05, 0.1) is 11.4 Å². The fourth-order valence-electron chi connectivity index (χ4n) is 2.55. The van der Waals surface area contributed by atoms with Crippen LogP contribution in [0.3, 0.4) is 0 Å². The zero-order valence-corrected chi connectivity index (χ0v) is 16.5. The first-order valence-corrected chi connectivity index (χ1v) is 9.53. The molecule has 1 rings (SSSR count). The molecule has 1 saturated heterocycles. The van der Waals surface area contributed by atoms with E-state index in [-0.39, 0.29) is 11.7 Å². The summed E-state index contributed by atoms with van der Waals surface area (Å²) in [5.41, 5.74) is 0. The maximum Gasteiger partial charge on any atom is 0.410 e. The predicted molar refractivity (Wildman–Crippen MR) is 94.0 cm³/mol. The van der Waals surface area contributed by atoms with Gasteiger partial charge in [-0.1, -0.05) is 18.7 Å². The van der Waals surface area contributed by atoms with Gasteiger partial charge in [-0.05, 0) is 19.8 Å². The molecule has 0 aromatic carbocycles. The molecule has 0 radical (unpaired) electrons. The lowest BCUT2D eigenvalue weighted by Crippen LogP contribution is -2.44. The monoisotopic (exact) mass is 423 g/mol. The average molecular weight is 423 g/mol. The van der Waals surface area contributed by atoms with E-state index in [2.05, 4.69) is 14.9 Å². The van der Waals surface area contributed by atoms with Crippen LogP contribution >= 0.6 is 11.8 Å². The van der Waals surface area contributed by atoms with Crippen molar-refractivity contribution in [2.75, 3.05) is 12.3 Å². The van der Waals surface area contributed by atoms with Crippen LogP contribution < -0.4 is 5.32 Å². The predicted octanol–water partition coefficient (Wildman–Crippen LogP) is 0.431. The number of ether oxygens (including phenoxy) is 1. The molecule has 4 atom stereocenters. The van der Waals surface area contributed by atoms with Gasteiger partial charge in [-0.15, -0.1) is 0 Å². The van der Waals surface area contributed by atoms with E-state index in [4.69, 9.17) is 15.5 Å². The molecule has 12 nitrogen and oxygen atoms in total. The highest BCUT2D eigenvalue weighted by Crippen LogP contribution is 2.22. The summed E-state index contributed by atoms with van der Waals surface area (Å²) < 4.78 is 4.64. The van der Waals surface area contributed by atoms with Crippen molar-refractivity contribution in [2.24, 2.45) is 5.92 Å². The molecule has 0 bridgehead atoms. The van der Waals surface area contributed by atoms with Gasteiger partial charge in [0, 0.05) is 25.1 Å². The molecule has 2 unspecified atom stereocenters. The van der Waals surface area contributed by atoms with Crippen LogP contribution in [0.25, 0.3) is 0 Å². The van der Waals surface area contributed by atoms with Crippen LogP contribution in [0, 0.1) is 5.92 Å². The zero-order valence-electron chi connectivity index (χ0n) is 15.7. The Labute approximate surface area is 165 Å². The Bertz CT molecular complexity index is 589. The molecule has 0 saturated carbocycles. The second kappa shape index (κ2) is 11.2. The number of carbonyl (C=O) groups excluding carboxylic acids is 3. The van der Waals surface area contributed by atoms with E-state index in [1.807, 2.05) is 0 Å². The molecule has 160 valence electrons. The second-order valence-corrected chi connectivity index (χ2v) is 7.28. The number of aliphatic carboxylic acids is 1. The van der Waals surface area contributed by atoms with Crippen molar-refractivity contribution in [3.05, 3.63) is 0 Å². The summed E-state index contributed by atoms with van der Waals surface area (Å²) in [7, 11) is 0. The Hall–Kier alpha value is -1.93. The number of carboxylic acid groups (broad SMARTS) is 1. The van der Waals surface area contributed by atoms with Gasteiger partial charge in [-0.2, -0.15) is 0 Å². The van der Waals surface area contributed by atoms with Crippen molar-refractivity contribution < 1.29 is 44.3 Å². The molecule has 1 aliphatic heterocycles. The van der Waals surface area contributed by atoms with Crippen molar-refractivity contribution in [1.82, 2.24) is 15.6 Å². The van der Waals surface area contributed by atoms with Gasteiger partial charge in [0.1, 0.15) is 6.04 Å². The number of hydrogen-bond acceptors (Lipinski definition) is 10. The molecule has 0 aromatic heterocycles. The highest BCUT2D eigenvalue weighted by Gasteiger charge is 2.36. The summed E-state index contributed by atoms with van der Waals surface area (Å²) in [6.45, 7) is 4.62. The smallest absolute Gasteiger partial charge is 0.410 e. The second-order valence-electron chi connectivity index (χ2n) is 6.26. The number of amides is 2. The molecular formula is C15H25N3O9S. The Morgan fingerprint density at radius 3 is 2.46 bits per heavy atom. The summed E-state index contributed by atoms with van der Waals surface area (Å²) in [5, 5.41) is 27.2. The molecule has 1 aliphatic rings. The van der Waals surface area contributed by atoms with Crippen LogP contribution in [-0.2, 0) is 24.0 Å². The zero-order chi connectivity index (χ0) is 21.4. The van der Waals surface area contributed by atoms with Crippen LogP contribution in [0.4, 0.5) is 4.79 Å². The molecule has 0 aliphatic carbocycles. The fraction of sp³-hybridized carbons (Fsp3) is 0.733. The average Bonchev–Trinajstić information content (AvgIpc) is 3.07. The molecule has 28 heavy (non-hydrogen) atoms. The molecule has 0 spiro atoms. The quantitative estimate of drug-likeness (QED) is 0.300. The third-order valence-corrected chi connectivity index (χ3v) is 5.23. The van der Waals surface area contributed by atoms with Gasteiger partial charge in [0.2, 0.25) is 17.3 Å². The first-order chi connectivity index (χ1) is 13.0. The number of rotatable bonds is 9. The van der Waals surface area contributed by atoms with Crippen LogP contribution in [0.2, 0.25) is 0 Å². The van der Waals surface area contributed by atoms with Crippen molar-refractivity contribution in [3.63, 3.8) is 0 Å². The largest absolute Gasteiger partial charge is 0.480 e. The Balaban J connectivity index is 2.42. The molecule has 0 aromatic rings. The summed E-state index contributed by atoms with van der Waals surface area (Å²) >= 11 is 0.837. The van der Waals surface area contributed by atoms with E-state index in [1.165, 1.54) is 18.7 Å². The highest BCUT2D eigenvalue weighted by molar-refractivity contribution is 8.13. The summed E-state index contributed by atoms with van der Waals surface area (Å²) in [5.74, 6) is -1.80. The third-order valence-electron chi connectivity index (χ3n) is 3.92. The standard InChI is InChI=1S/C15H25N3O9S/c1-8(12(19)17-6-4-5-11(17)13(20)21)7-28-14(22)9(2)16-15(23)26-10(3)27-18(24)25/h8-11,24-25H,4-7H2,1-3H3,(H,16,23)(H,20,21)/t8-,9?,10?,11+/m1/s1. The number of thioether (sulfide) groups is 1. The van der Waals surface area contributed by atoms with Crippen molar-refractivity contribution in [3.8, 4) is 0 Å². The van der Waals surface area contributed by atoms with E-state index < -0.39 is 46.9 Å². The number of alkyl carbamates (subject to hydrolysis) is 1. The Morgan fingerprint density at radius 2 is 1.89 bits per heavy atom. The van der Waals surface area contributed by atoms with Crippen molar-refractivity contribution in [2.45, 2.75) is 52.0 Å². The molecular weight excluding hydrogens is 398 g/mol. The minimum atomic E-state index is -1.31. The first-order valence-electron chi connectivity index (χ1n) is 8.54. The molecule has 2 amide bonds. The Morgan fingerprint density at radius 1 is 1.25 bits per heavy atom. The molecule has 4 N–H and O–H groups in total. The molecule has 1 heterocycles. The maximum atomic E-state index is 12.4. The van der Waals surface area contributed by atoms with E-state index in [0.29, 0.717) is 19.4 Å². The van der Waals surface area contributed by atoms with Crippen LogP contribution in [-0.4, -0.2) is 79.6 Å². The number of carbonyl (C=O) groups is 4. The summed E-state index contributed by atoms with van der Waals surface area (Å²) in [4.78, 5) is 52.9. The van der Waals surface area contributed by atoms with Gasteiger partial charge in [-0.25, -0.2) is 14.4 Å². The normalized spacial score (nSPS) is 19.8. The van der Waals surface area contributed by atoms with Gasteiger partial charge in [0.15, 0.2) is 0 Å². The first kappa shape index (κ1) is 24.1. The maximum absolute atomic E-state index is 12.4. The lowest BCUT2D eigenvalue weighted by Gasteiger charge is -2.24. The van der Waals surface area contributed by atoms with Gasteiger partial charge in [0.25, 0.3) is 0 Å². The number of likely N-dealkylation sites (tertiary alicyclic amines) is 1. The summed E-state index contributed by atoms with van der Waals surface area (Å²) in [6.07, 6.45) is -1.29. The highest BCUT2D eigenvalue weighted by atomic mass is 32.2. The molecule has 13 heteroatoms. The minimum absolute atomic E-state index is 0.130. The lowest BCUT2D eigenvalue weighted by atomic mass is 10.1. The number of nitrogens with one attached hydrogen (secondary N) is 1. The van der Waals surface area contributed by atoms with E-state index in [9.17, 15) is 19.2 Å². The topological polar surface area (TPSA) is 166 Å². The van der Waals surface area contributed by atoms with Gasteiger partial charge >= 0.3 is 12.1 Å². The minimum Gasteiger partial charge on any atom is -0.480 e. The fourth-order valence-corrected chi connectivity index (χ4v) is 3.41. The Kier molecular flexibility index (Phi) is 9.61. The number of nitrogens with zero attached hydrogens (tertiary/aromatic N) is 2. The van der Waals surface area contributed by atoms with Crippen molar-refractivity contribution in [1.29, 1.82) is 0 Å². The van der Waals surface area contributed by atoms with Crippen LogP contribution in [0.1, 0.15) is 33.6 Å². The van der Waals surface area contributed by atoms with Gasteiger partial charge < -0.3 is 20.1 Å². The van der Waals surface area contributed by atoms with E-state index >= 15 is 0 Å². The van der Waals surface area contributed by atoms with Gasteiger partial charge in [-0.3, -0.25) is 20.0 Å². The van der Waals surface area contributed by atoms with E-state index in [0.717, 1.165) is 11.8 Å². The van der Waals surface area contributed by atoms with Crippen LogP contribution in [0.5, 0.6) is 0 Å². The third kappa shape index (κ3) is 7.59. The number of carboxylic acids is 1. The van der Waals surface area contributed by atoms with Crippen LogP contribution in [0.15, 0.2) is 0 Å².